The Balaban J connectivity index is 0.000000183. The molecule has 84 heavy (non-hydrogen) atoms. The number of aliphatic carboxylic acids is 1. The van der Waals surface area contributed by atoms with Crippen molar-refractivity contribution in [2.24, 2.45) is 0 Å². The number of hydrogen-bond acceptors (Lipinski definition) is 15. The Morgan fingerprint density at radius 1 is 0.619 bits per heavy atom. The fourth-order valence-electron chi connectivity index (χ4n) is 10.6. The van der Waals surface area contributed by atoms with Crippen LogP contribution in [-0.2, 0) is 66.8 Å². The number of allylic oxidation sites excluding steroid dienone is 2. The number of nitrogens with zero attached hydrogens (tertiary/aromatic N) is 5. The van der Waals surface area contributed by atoms with E-state index in [0.29, 0.717) is 32.1 Å². The SMILES string of the molecule is CCC(C=CC(=O)CCCc1ccc2c(n1)NCCC2)c1cnc2ccccc2c1.CO.CO[P+](=O)CC(=O)CCCc1ccc2c(n1)NCCC2.O=C(O)CC(CCC(=O)CCCc1ccc2c(n1)NCCC2)c1cnc2ccccc2c1. The second-order valence-electron chi connectivity index (χ2n) is 21.4. The first-order chi connectivity index (χ1) is 41.0. The number of aliphatic hydroxyl groups is 1. The molecule has 5 N–H and O–H groups in total. The number of pyridine rings is 5. The summed E-state index contributed by atoms with van der Waals surface area (Å²) in [7, 11) is 0.537. The van der Waals surface area contributed by atoms with Crippen molar-refractivity contribution in [3.63, 3.8) is 0 Å². The lowest BCUT2D eigenvalue weighted by Gasteiger charge is -2.17. The van der Waals surface area contributed by atoms with Gasteiger partial charge in [0.1, 0.15) is 23.2 Å². The van der Waals surface area contributed by atoms with Crippen molar-refractivity contribution in [1.82, 2.24) is 24.9 Å². The zero-order valence-electron chi connectivity index (χ0n) is 49.0. The summed E-state index contributed by atoms with van der Waals surface area (Å²) in [5.41, 5.74) is 10.8. The molecule has 5 aromatic heterocycles. The summed E-state index contributed by atoms with van der Waals surface area (Å²) in [5, 5.41) is 28.5. The summed E-state index contributed by atoms with van der Waals surface area (Å²) in [6.07, 6.45) is 22.2. The molecule has 0 aliphatic carbocycles. The second-order valence-corrected chi connectivity index (χ2v) is 22.8. The molecule has 442 valence electrons. The largest absolute Gasteiger partial charge is 0.515 e. The average Bonchev–Trinajstić information content (AvgIpc) is 3.72. The number of carboxylic acid groups (broad SMARTS) is 1. The number of aryl methyl sites for hydroxylation is 6. The van der Waals surface area contributed by atoms with E-state index >= 15 is 0 Å². The lowest BCUT2D eigenvalue weighted by molar-refractivity contribution is -0.137. The van der Waals surface area contributed by atoms with Gasteiger partial charge >= 0.3 is 14.0 Å². The molecule has 8 heterocycles. The Bertz CT molecular complexity index is 3350. The van der Waals surface area contributed by atoms with Crippen LogP contribution < -0.4 is 16.0 Å². The van der Waals surface area contributed by atoms with E-state index in [9.17, 15) is 28.8 Å². The van der Waals surface area contributed by atoms with Crippen molar-refractivity contribution in [2.45, 2.75) is 141 Å². The summed E-state index contributed by atoms with van der Waals surface area (Å²) in [6.45, 7) is 5.08. The Morgan fingerprint density at radius 2 is 1.08 bits per heavy atom. The average molecular weight is 1160 g/mol. The van der Waals surface area contributed by atoms with Gasteiger partial charge in [0.25, 0.3) is 0 Å². The summed E-state index contributed by atoms with van der Waals surface area (Å²) >= 11 is 0. The Hall–Kier alpha value is -7.65. The normalized spacial score (nSPS) is 13.9. The molecule has 17 heteroatoms. The van der Waals surface area contributed by atoms with E-state index in [1.165, 1.54) is 30.2 Å². The summed E-state index contributed by atoms with van der Waals surface area (Å²) in [6, 6.07) is 32.7. The van der Waals surface area contributed by atoms with E-state index in [2.05, 4.69) is 89.8 Å². The van der Waals surface area contributed by atoms with Crippen molar-refractivity contribution in [3.8, 4) is 0 Å². The monoisotopic (exact) mass is 1160 g/mol. The van der Waals surface area contributed by atoms with Crippen molar-refractivity contribution >= 4 is 70.6 Å². The highest BCUT2D eigenvalue weighted by Gasteiger charge is 2.22. The molecular weight excluding hydrogens is 1080 g/mol. The van der Waals surface area contributed by atoms with Crippen molar-refractivity contribution in [1.29, 1.82) is 0 Å². The molecule has 0 spiro atoms. The summed E-state index contributed by atoms with van der Waals surface area (Å²) in [5.74, 6) is 2.47. The van der Waals surface area contributed by atoms with Gasteiger partial charge in [-0.05, 0) is 177 Å². The van der Waals surface area contributed by atoms with Gasteiger partial charge in [0.2, 0.25) is 6.16 Å². The number of carboxylic acids is 1. The molecule has 2 aromatic carbocycles. The summed E-state index contributed by atoms with van der Waals surface area (Å²) < 4.78 is 15.7. The van der Waals surface area contributed by atoms with Crippen molar-refractivity contribution in [3.05, 3.63) is 167 Å². The number of hydrogen-bond donors (Lipinski definition) is 5. The van der Waals surface area contributed by atoms with Crippen LogP contribution >= 0.6 is 8.03 Å². The van der Waals surface area contributed by atoms with E-state index < -0.39 is 14.0 Å². The van der Waals surface area contributed by atoms with Crippen LogP contribution in [0.1, 0.15) is 147 Å². The molecule has 10 rings (SSSR count). The van der Waals surface area contributed by atoms with Gasteiger partial charge in [0.05, 0.1) is 24.6 Å². The minimum atomic E-state index is -1.82. The number of nitrogens with one attached hydrogen (secondary N) is 3. The minimum absolute atomic E-state index is 0.000649. The zero-order valence-corrected chi connectivity index (χ0v) is 49.9. The Morgan fingerprint density at radius 3 is 1.57 bits per heavy atom. The molecule has 0 saturated carbocycles. The smallest absolute Gasteiger partial charge is 0.481 e. The number of fused-ring (bicyclic) bond motifs is 5. The molecule has 3 atom stereocenters. The number of Topliss-reactive ketones (excluding diaryl/α,β-unsaturated/α-hetero) is 2. The molecule has 0 radical (unpaired) electrons. The van der Waals surface area contributed by atoms with Crippen LogP contribution in [0.3, 0.4) is 0 Å². The molecule has 0 saturated heterocycles. The second kappa shape index (κ2) is 34.2. The fraction of sp³-hybridized carbons (Fsp3) is 0.418. The van der Waals surface area contributed by atoms with Crippen LogP contribution in [-0.4, -0.2) is 98.5 Å². The van der Waals surface area contributed by atoms with E-state index in [1.54, 1.807) is 12.3 Å². The van der Waals surface area contributed by atoms with E-state index in [-0.39, 0.29) is 41.8 Å². The first-order valence-corrected chi connectivity index (χ1v) is 31.1. The van der Waals surface area contributed by atoms with Crippen LogP contribution in [0.5, 0.6) is 0 Å². The first kappa shape index (κ1) is 63.9. The molecule has 3 aliphatic heterocycles. The molecule has 7 aromatic rings. The number of aromatic nitrogens is 5. The number of rotatable bonds is 25. The van der Waals surface area contributed by atoms with Gasteiger partial charge in [-0.15, -0.1) is 4.52 Å². The van der Waals surface area contributed by atoms with E-state index in [0.717, 1.165) is 171 Å². The van der Waals surface area contributed by atoms with Gasteiger partial charge in [0.15, 0.2) is 11.6 Å². The lowest BCUT2D eigenvalue weighted by Crippen LogP contribution is -2.14. The number of aliphatic hydroxyl groups excluding tert-OH is 1. The Kier molecular flexibility index (Phi) is 26.0. The first-order valence-electron chi connectivity index (χ1n) is 29.8. The predicted molar refractivity (Wildman–Crippen MR) is 334 cm³/mol. The molecule has 3 aliphatic rings. The van der Waals surface area contributed by atoms with Crippen LogP contribution in [0.2, 0.25) is 0 Å². The van der Waals surface area contributed by atoms with Crippen LogP contribution in [0.25, 0.3) is 21.8 Å². The zero-order chi connectivity index (χ0) is 59.5. The Labute approximate surface area is 495 Å². The van der Waals surface area contributed by atoms with Gasteiger partial charge in [-0.2, -0.15) is 0 Å². The van der Waals surface area contributed by atoms with E-state index in [4.69, 9.17) is 10.1 Å². The van der Waals surface area contributed by atoms with Crippen molar-refractivity contribution < 1.29 is 38.5 Å². The van der Waals surface area contributed by atoms with Gasteiger partial charge < -0.3 is 26.2 Å². The fourth-order valence-corrected chi connectivity index (χ4v) is 11.2. The molecule has 3 unspecified atom stereocenters. The third-order valence-electron chi connectivity index (χ3n) is 15.3. The molecule has 16 nitrogen and oxygen atoms in total. The number of ketones is 3. The minimum Gasteiger partial charge on any atom is -0.481 e. The molecule has 0 bridgehead atoms. The maximum Gasteiger partial charge on any atom is 0.515 e. The quantitative estimate of drug-likeness (QED) is 0.0264. The van der Waals surface area contributed by atoms with Gasteiger partial charge in [0, 0.05) is 98.6 Å². The highest BCUT2D eigenvalue weighted by atomic mass is 31.1. The maximum absolute atomic E-state index is 12.5. The van der Waals surface area contributed by atoms with Crippen LogP contribution in [0.4, 0.5) is 17.5 Å². The highest BCUT2D eigenvalue weighted by molar-refractivity contribution is 7.40. The molecule has 0 amide bonds. The van der Waals surface area contributed by atoms with Crippen molar-refractivity contribution in [2.75, 3.05) is 56.0 Å². The topological polar surface area (TPSA) is 236 Å². The summed E-state index contributed by atoms with van der Waals surface area (Å²) in [4.78, 5) is 70.8. The number of carbonyl (C=O) groups is 4. The standard InChI is InChI=1S/C26H29N3O3.C26H29N3O.C14H20N2O3P.CH4O/c30-23(8-3-7-22-12-10-18-6-4-14-27-26(18)29-22)13-11-19(16-25(31)32)21-15-20-5-1-2-9-24(20)28-17-21;1-2-19(22-17-21-7-3-4-11-25(21)28-18-22)13-15-24(30)10-5-9-23-14-12-20-8-6-16-27-26(20)29-23;1-19-20(18)10-13(17)6-2-5-12-8-7-11-4-3-9-15-14(11)16-12;1-2/h1-2,5,9-10,12,15,17,19H,3-4,6-8,11,13-14,16H2,(H,27,29)(H,31,32);3-4,7,11-15,17-19H,2,5-6,8-10,16H2,1H3,(H,27,29);7-8H,2-6,9-10H2,1H3,(H,15,16);2H,1H3/q;;+1;. The van der Waals surface area contributed by atoms with Gasteiger partial charge in [-0.25, -0.2) is 15.0 Å². The van der Waals surface area contributed by atoms with Crippen LogP contribution in [0.15, 0.2) is 122 Å². The highest BCUT2D eigenvalue weighted by Crippen LogP contribution is 2.30. The lowest BCUT2D eigenvalue weighted by atomic mass is 9.90. The number of benzene rings is 2. The molecule has 0 fully saturated rings. The number of carbonyl (C=O) groups excluding carboxylic acids is 3. The van der Waals surface area contributed by atoms with E-state index in [1.807, 2.05) is 66.9 Å². The van der Waals surface area contributed by atoms with Gasteiger partial charge in [-0.1, -0.05) is 67.6 Å². The maximum atomic E-state index is 12.5. The predicted octanol–water partition coefficient (Wildman–Crippen LogP) is 12.9. The number of para-hydroxylation sites is 2. The third kappa shape index (κ3) is 20.3. The third-order valence-corrected chi connectivity index (χ3v) is 16.3. The van der Waals surface area contributed by atoms with Crippen LogP contribution in [0, 0.1) is 0 Å². The molecular formula is C67H82N8O8P+. The number of anilines is 3. The van der Waals surface area contributed by atoms with Gasteiger partial charge in [-0.3, -0.25) is 29.1 Å².